The topological polar surface area (TPSA) is 107 Å². The Bertz CT molecular complexity index is 690. The molecule has 1 aromatic carbocycles. The monoisotopic (exact) mass is 348 g/mol. The SMILES string of the molecule is Cc1ccccc1[C@@H]1[C@H](C(=O)NCCC(=O)O)C[C@](C)(C(=O)O)N1C. The molecule has 0 aromatic heterocycles. The third-order valence-electron chi connectivity index (χ3n) is 5.14. The van der Waals surface area contributed by atoms with Gasteiger partial charge in [0.15, 0.2) is 0 Å². The maximum absolute atomic E-state index is 12.7. The highest BCUT2D eigenvalue weighted by Crippen LogP contribution is 2.46. The summed E-state index contributed by atoms with van der Waals surface area (Å²) in [5.74, 6) is -2.85. The number of rotatable bonds is 6. The zero-order chi connectivity index (χ0) is 18.8. The second kappa shape index (κ2) is 7.23. The summed E-state index contributed by atoms with van der Waals surface area (Å²) in [6.07, 6.45) is -0.00370. The number of aliphatic carboxylic acids is 2. The number of aryl methyl sites for hydroxylation is 1. The minimum atomic E-state index is -1.16. The van der Waals surface area contributed by atoms with Crippen LogP contribution in [-0.4, -0.2) is 52.1 Å². The number of likely N-dealkylation sites (tertiary alicyclic amines) is 1. The fourth-order valence-corrected chi connectivity index (χ4v) is 3.50. The molecule has 25 heavy (non-hydrogen) atoms. The molecule has 3 atom stereocenters. The molecule has 136 valence electrons. The highest BCUT2D eigenvalue weighted by atomic mass is 16.4. The number of carbonyl (C=O) groups is 3. The van der Waals surface area contributed by atoms with E-state index in [4.69, 9.17) is 5.11 Å². The van der Waals surface area contributed by atoms with Gasteiger partial charge in [0.05, 0.1) is 12.3 Å². The van der Waals surface area contributed by atoms with E-state index in [2.05, 4.69) is 5.32 Å². The van der Waals surface area contributed by atoms with Crippen molar-refractivity contribution in [3.05, 3.63) is 35.4 Å². The summed E-state index contributed by atoms with van der Waals surface area (Å²) in [6.45, 7) is 3.57. The second-order valence-electron chi connectivity index (χ2n) is 6.74. The molecule has 0 spiro atoms. The van der Waals surface area contributed by atoms with E-state index in [0.29, 0.717) is 0 Å². The minimum absolute atomic E-state index is 0.0264. The highest BCUT2D eigenvalue weighted by molar-refractivity contribution is 5.85. The van der Waals surface area contributed by atoms with Crippen LogP contribution in [0.1, 0.15) is 36.9 Å². The Labute approximate surface area is 146 Å². The minimum Gasteiger partial charge on any atom is -0.481 e. The fraction of sp³-hybridized carbons (Fsp3) is 0.500. The van der Waals surface area contributed by atoms with E-state index in [1.165, 1.54) is 0 Å². The summed E-state index contributed by atoms with van der Waals surface area (Å²) in [5.41, 5.74) is 0.729. The average Bonchev–Trinajstić information content (AvgIpc) is 2.81. The molecule has 1 saturated heterocycles. The smallest absolute Gasteiger partial charge is 0.323 e. The quantitative estimate of drug-likeness (QED) is 0.718. The molecular formula is C18H24N2O5. The molecule has 3 N–H and O–H groups in total. The van der Waals surface area contributed by atoms with Crippen molar-refractivity contribution in [2.45, 2.75) is 38.3 Å². The molecule has 1 amide bonds. The standard InChI is InChI=1S/C18H24N2O5/c1-11-6-4-5-7-12(11)15-13(16(23)19-9-8-14(21)22)10-18(2,17(24)25)20(15)3/h4-7,13,15H,8-10H2,1-3H3,(H,19,23)(H,21,22)(H,24,25)/t13-,15-,18-/m1/s1. The lowest BCUT2D eigenvalue weighted by atomic mass is 9.88. The predicted octanol–water partition coefficient (Wildman–Crippen LogP) is 1.42. The Morgan fingerprint density at radius 1 is 1.28 bits per heavy atom. The number of carboxylic acids is 2. The molecule has 0 unspecified atom stereocenters. The predicted molar refractivity (Wildman–Crippen MR) is 91.1 cm³/mol. The van der Waals surface area contributed by atoms with E-state index in [1.807, 2.05) is 31.2 Å². The number of benzene rings is 1. The van der Waals surface area contributed by atoms with Crippen LogP contribution in [0, 0.1) is 12.8 Å². The normalized spacial score (nSPS) is 26.4. The van der Waals surface area contributed by atoms with E-state index < -0.39 is 23.4 Å². The van der Waals surface area contributed by atoms with E-state index >= 15 is 0 Å². The zero-order valence-corrected chi connectivity index (χ0v) is 14.7. The van der Waals surface area contributed by atoms with Crippen molar-refractivity contribution >= 4 is 17.8 Å². The van der Waals surface area contributed by atoms with Crippen molar-refractivity contribution in [1.29, 1.82) is 0 Å². The lowest BCUT2D eigenvalue weighted by Gasteiger charge is -2.32. The molecule has 1 aromatic rings. The summed E-state index contributed by atoms with van der Waals surface area (Å²) >= 11 is 0. The van der Waals surface area contributed by atoms with Gasteiger partial charge in [-0.3, -0.25) is 19.3 Å². The first-order valence-electron chi connectivity index (χ1n) is 8.20. The number of carboxylic acid groups (broad SMARTS) is 2. The third-order valence-corrected chi connectivity index (χ3v) is 5.14. The molecular weight excluding hydrogens is 324 g/mol. The van der Waals surface area contributed by atoms with Gasteiger partial charge < -0.3 is 15.5 Å². The molecule has 0 saturated carbocycles. The maximum atomic E-state index is 12.7. The van der Waals surface area contributed by atoms with Gasteiger partial charge in [-0.15, -0.1) is 0 Å². The second-order valence-corrected chi connectivity index (χ2v) is 6.74. The largest absolute Gasteiger partial charge is 0.481 e. The molecule has 7 heteroatoms. The summed E-state index contributed by atoms with van der Waals surface area (Å²) in [6, 6.07) is 7.21. The van der Waals surface area contributed by atoms with E-state index in [0.717, 1.165) is 11.1 Å². The van der Waals surface area contributed by atoms with Gasteiger partial charge in [-0.25, -0.2) is 0 Å². The zero-order valence-electron chi connectivity index (χ0n) is 14.7. The van der Waals surface area contributed by atoms with Gasteiger partial charge in [-0.1, -0.05) is 24.3 Å². The Morgan fingerprint density at radius 3 is 2.48 bits per heavy atom. The van der Waals surface area contributed by atoms with Gasteiger partial charge >= 0.3 is 11.9 Å². The van der Waals surface area contributed by atoms with Crippen LogP contribution in [-0.2, 0) is 14.4 Å². The third kappa shape index (κ3) is 3.66. The lowest BCUT2D eigenvalue weighted by Crippen LogP contribution is -2.46. The Morgan fingerprint density at radius 2 is 1.92 bits per heavy atom. The van der Waals surface area contributed by atoms with Crippen LogP contribution >= 0.6 is 0 Å². The van der Waals surface area contributed by atoms with E-state index in [9.17, 15) is 19.5 Å². The van der Waals surface area contributed by atoms with Crippen molar-refractivity contribution in [2.75, 3.05) is 13.6 Å². The van der Waals surface area contributed by atoms with Crippen LogP contribution < -0.4 is 5.32 Å². The molecule has 0 aliphatic carbocycles. The molecule has 7 nitrogen and oxygen atoms in total. The number of hydrogen-bond donors (Lipinski definition) is 3. The van der Waals surface area contributed by atoms with Crippen LogP contribution in [0.5, 0.6) is 0 Å². The number of likely N-dealkylation sites (N-methyl/N-ethyl adjacent to an activating group) is 1. The summed E-state index contributed by atoms with van der Waals surface area (Å²) < 4.78 is 0. The molecule has 0 bridgehead atoms. The number of amides is 1. The average molecular weight is 348 g/mol. The first kappa shape index (κ1) is 18.9. The molecule has 1 aliphatic heterocycles. The molecule has 0 radical (unpaired) electrons. The number of carbonyl (C=O) groups excluding carboxylic acids is 1. The van der Waals surface area contributed by atoms with Gasteiger partial charge in [-0.05, 0) is 38.4 Å². The Balaban J connectivity index is 2.34. The summed E-state index contributed by atoms with van der Waals surface area (Å²) in [7, 11) is 1.72. The van der Waals surface area contributed by atoms with E-state index in [1.54, 1.807) is 18.9 Å². The van der Waals surface area contributed by atoms with Gasteiger partial charge in [0.2, 0.25) is 5.91 Å². The highest BCUT2D eigenvalue weighted by Gasteiger charge is 2.54. The van der Waals surface area contributed by atoms with Gasteiger partial charge in [0.25, 0.3) is 0 Å². The first-order chi connectivity index (χ1) is 11.7. The van der Waals surface area contributed by atoms with Crippen molar-refractivity contribution in [3.63, 3.8) is 0 Å². The van der Waals surface area contributed by atoms with Crippen LogP contribution in [0.4, 0.5) is 0 Å². The molecule has 1 heterocycles. The first-order valence-corrected chi connectivity index (χ1v) is 8.20. The number of nitrogens with zero attached hydrogens (tertiary/aromatic N) is 1. The van der Waals surface area contributed by atoms with Crippen LogP contribution in [0.2, 0.25) is 0 Å². The van der Waals surface area contributed by atoms with Crippen LogP contribution in [0.3, 0.4) is 0 Å². The van der Waals surface area contributed by atoms with Gasteiger partial charge in [0, 0.05) is 12.6 Å². The van der Waals surface area contributed by atoms with Gasteiger partial charge in [-0.2, -0.15) is 0 Å². The van der Waals surface area contributed by atoms with Crippen LogP contribution in [0.15, 0.2) is 24.3 Å². The number of hydrogen-bond acceptors (Lipinski definition) is 4. The van der Waals surface area contributed by atoms with Crippen molar-refractivity contribution in [3.8, 4) is 0 Å². The maximum Gasteiger partial charge on any atom is 0.323 e. The van der Waals surface area contributed by atoms with Crippen molar-refractivity contribution in [2.24, 2.45) is 5.92 Å². The van der Waals surface area contributed by atoms with Crippen LogP contribution in [0.25, 0.3) is 0 Å². The molecule has 1 fully saturated rings. The lowest BCUT2D eigenvalue weighted by molar-refractivity contribution is -0.148. The number of nitrogens with one attached hydrogen (secondary N) is 1. The fourth-order valence-electron chi connectivity index (χ4n) is 3.50. The van der Waals surface area contributed by atoms with Gasteiger partial charge in [0.1, 0.15) is 5.54 Å². The van der Waals surface area contributed by atoms with Crippen molar-refractivity contribution in [1.82, 2.24) is 10.2 Å². The Hall–Kier alpha value is -2.41. The van der Waals surface area contributed by atoms with Crippen molar-refractivity contribution < 1.29 is 24.6 Å². The molecule has 2 rings (SSSR count). The molecule has 1 aliphatic rings. The summed E-state index contributed by atoms with van der Waals surface area (Å²) in [5, 5.41) is 21.0. The Kier molecular flexibility index (Phi) is 5.47. The van der Waals surface area contributed by atoms with E-state index in [-0.39, 0.29) is 31.3 Å². The summed E-state index contributed by atoms with van der Waals surface area (Å²) in [4.78, 5) is 36.8.